The molecule has 9 saturated heterocycles. The van der Waals surface area contributed by atoms with Crippen LogP contribution in [0, 0.1) is 76.9 Å². The molecule has 8 atom stereocenters. The third-order valence-corrected chi connectivity index (χ3v) is 28.7. The average molecular weight is 1920 g/mol. The van der Waals surface area contributed by atoms with Crippen molar-refractivity contribution in [1.29, 1.82) is 0 Å². The van der Waals surface area contributed by atoms with E-state index in [2.05, 4.69) is 343 Å². The maximum atomic E-state index is 11.5. The molecule has 8 unspecified atom stereocenters. The van der Waals surface area contributed by atoms with Gasteiger partial charge in [-0.1, -0.05) is 138 Å². The van der Waals surface area contributed by atoms with Crippen molar-refractivity contribution < 1.29 is 14.3 Å². The van der Waals surface area contributed by atoms with Gasteiger partial charge in [0.2, 0.25) is 5.91 Å². The molecule has 9 rings (SSSR count). The van der Waals surface area contributed by atoms with Gasteiger partial charge in [-0.25, -0.2) is 0 Å². The minimum Gasteiger partial charge on any atom is -0.378 e. The van der Waals surface area contributed by atoms with Gasteiger partial charge in [-0.15, -0.1) is 0 Å². The summed E-state index contributed by atoms with van der Waals surface area (Å²) in [4.78, 5) is 34.3. The number of carbonyl (C=O) groups is 1. The van der Waals surface area contributed by atoms with Crippen LogP contribution in [0.3, 0.4) is 0 Å². The number of amides is 1. The largest absolute Gasteiger partial charge is 0.378 e. The molecule has 1 amide bonds. The zero-order valence-corrected chi connectivity index (χ0v) is 100. The first-order valence-electron chi connectivity index (χ1n) is 55.8. The van der Waals surface area contributed by atoms with E-state index in [9.17, 15) is 4.79 Å². The fraction of sp³-hybridized carbons (Fsp3) is 0.990. The Bertz CT molecular complexity index is 2560. The molecule has 0 bridgehead atoms. The Hall–Kier alpha value is 1.41. The van der Waals surface area contributed by atoms with Crippen LogP contribution in [-0.2, 0) is 14.3 Å². The lowest BCUT2D eigenvalue weighted by Gasteiger charge is -2.40. The monoisotopic (exact) mass is 1920 g/mol. The van der Waals surface area contributed by atoms with E-state index in [1.165, 1.54) is 163 Å². The van der Waals surface area contributed by atoms with Crippen molar-refractivity contribution in [2.45, 2.75) is 438 Å². The van der Waals surface area contributed by atoms with Crippen LogP contribution in [0.1, 0.15) is 353 Å². The van der Waals surface area contributed by atoms with Crippen molar-refractivity contribution in [2.24, 2.45) is 76.9 Å². The number of rotatable bonds is 24. The lowest BCUT2D eigenvalue weighted by atomic mass is 8.68. The van der Waals surface area contributed by atoms with Crippen LogP contribution in [0.2, 0.25) is 0 Å². The van der Waals surface area contributed by atoms with Gasteiger partial charge in [0.05, 0.1) is 25.9 Å². The predicted molar refractivity (Wildman–Crippen MR) is 687 cm³/mol. The maximum Gasteiger partial charge on any atom is 0.223 e. The van der Waals surface area contributed by atoms with Gasteiger partial charge in [-0.05, 0) is 337 Å². The molecule has 756 valence electrons. The second-order valence-electron chi connectivity index (χ2n) is 46.3. The first kappa shape index (κ1) is 163. The summed E-state index contributed by atoms with van der Waals surface area (Å²) in [7, 11) is 115. The number of piperidine rings is 3. The minimum absolute atomic E-state index is 0. The zero-order valence-electron chi connectivity index (χ0n) is 100. The smallest absolute Gasteiger partial charge is 0.223 e. The van der Waals surface area contributed by atoms with Gasteiger partial charge in [0.25, 0.3) is 0 Å². The molecule has 0 saturated carbocycles. The standard InChI is InChI=1S/C12H25N.3C11H23N.2C10H21NO.C10H19NO.2C10H21N.CH4.B8.B7.B6.B5.B4.B3.B2.B/c1-10(2)12-6-5-8-13(9-7-12)11(3)4;1-9(2)11-5-7-12(8-6-11)10(3)4;1-9(2)11-6-5-7-12(8-11)10(3)4;1-9(2)11-7-5-6-8-12(11)10(3)4;1-8(2)10-7-12-6-5-11(10)9(3)4;1-8(2)10-7-11(9(3)4)5-6-12-10;1-7(2)9-5-6-10(12)11(9)8(3)4;1-8(2)10-5-6-11(7-10)9(3)4;1-8(2)10-6-5-7-11(10)9(3)4;;1-6(2)8(5)7(3)4;1-5-7(4)6(2)3;1-5(2)6(3)4;1-4-5(2)3;1-4(2)3;1-3-2;1-2;/h10-12H,5-9H2,1-4H3;3*9-11H,5-8H2,1-4H3;2*8-10H,5-7H2,1-4H3;7-9H,5-6H2,1-4H3;2*8-10H,5-7H2,1-4H3;1H4;;;;;;;;. The van der Waals surface area contributed by atoms with Crippen LogP contribution in [0.4, 0.5) is 0 Å². The lowest BCUT2D eigenvalue weighted by molar-refractivity contribution is -0.131. The van der Waals surface area contributed by atoms with E-state index in [1.807, 2.05) is 4.90 Å². The Morgan fingerprint density at radius 2 is 0.604 bits per heavy atom. The Labute approximate surface area is 941 Å². The molecule has 52 radical (unpaired) electrons. The minimum atomic E-state index is -0.667. The third kappa shape index (κ3) is 81.9. The van der Waals surface area contributed by atoms with Gasteiger partial charge in [-0.3, -0.25) is 24.4 Å². The summed E-state index contributed by atoms with van der Waals surface area (Å²) in [6, 6.07) is 8.95. The quantitative estimate of drug-likeness (QED) is 0.0872. The van der Waals surface area contributed by atoms with Crippen LogP contribution in [0.25, 0.3) is 0 Å². The second-order valence-corrected chi connectivity index (χ2v) is 46.3. The molecule has 9 heterocycles. The summed E-state index contributed by atoms with van der Waals surface area (Å²) < 4.78 is 11.2. The Balaban J connectivity index is -0.000000195. The summed E-state index contributed by atoms with van der Waals surface area (Å²) in [5.74, 6) is 11.3. The highest BCUT2D eigenvalue weighted by Gasteiger charge is 2.36. The SMILES string of the molecule is C.CC(C)C1CCC(=O)N1C(C)C.CC(C)C1CCCCN1C(C)C.CC(C)C1CCCN(C(C)C)C1.CC(C)C1CCCN(C(C)C)CC1.CC(C)C1CCCN1C(C)C.CC(C)C1CCN(C(C)C)C1.CC(C)C1CCN(C(C)C)CC1.CC(C)C1CN(C(C)C)CCO1.CC(C)C1COCCN1C(C)C.[B].[B]B([B])B([B])B([B])[B].[B]B([B])B([B])[B].[B]B([B])[B].[B][B].[B][B]B([B])B([B])[B].[B][B]B([B])[B].[B][B][B]. The average Bonchev–Trinajstić information content (AvgIpc) is 1.74. The number of hydrogen-bond donors (Lipinski definition) is 0. The maximum absolute atomic E-state index is 11.5. The molecule has 12 nitrogen and oxygen atoms in total. The third-order valence-electron chi connectivity index (χ3n) is 28.7. The van der Waals surface area contributed by atoms with E-state index in [0.717, 1.165) is 167 Å². The van der Waals surface area contributed by atoms with E-state index < -0.39 is 51.1 Å². The molecule has 0 N–H and O–H groups in total. The molecule has 0 aromatic rings. The number of carbonyl (C=O) groups excluding carboxylic acids is 1. The number of morpholine rings is 2. The van der Waals surface area contributed by atoms with Crippen LogP contribution in [-0.4, -0.2) is 505 Å². The number of likely N-dealkylation sites (tertiary alicyclic amines) is 7. The highest BCUT2D eigenvalue weighted by molar-refractivity contribution is 7.89. The Morgan fingerprint density at radius 3 is 0.875 bits per heavy atom. The van der Waals surface area contributed by atoms with E-state index in [1.54, 1.807) is 0 Å². The van der Waals surface area contributed by atoms with Crippen molar-refractivity contribution in [3.8, 4) is 0 Å². The van der Waals surface area contributed by atoms with Crippen molar-refractivity contribution in [2.75, 3.05) is 105 Å². The van der Waals surface area contributed by atoms with Crippen LogP contribution in [0.15, 0.2) is 0 Å². The molecular formula is C96H201B36N9O3. The van der Waals surface area contributed by atoms with Gasteiger partial charge in [-0.2, -0.15) is 0 Å². The number of ether oxygens (including phenoxy) is 2. The van der Waals surface area contributed by atoms with Gasteiger partial charge >= 0.3 is 0 Å². The molecule has 48 heteroatoms. The van der Waals surface area contributed by atoms with Gasteiger partial charge in [0, 0.05) is 383 Å². The van der Waals surface area contributed by atoms with E-state index in [4.69, 9.17) is 133 Å². The summed E-state index contributed by atoms with van der Waals surface area (Å²) in [5, 5.41) is 0. The van der Waals surface area contributed by atoms with Gasteiger partial charge < -0.3 is 34.0 Å². The van der Waals surface area contributed by atoms with Gasteiger partial charge in [0.1, 0.15) is 0 Å². The highest BCUT2D eigenvalue weighted by atomic mass is 16.5. The van der Waals surface area contributed by atoms with Crippen molar-refractivity contribution in [3.05, 3.63) is 0 Å². The molecule has 0 aliphatic carbocycles. The first-order chi connectivity index (χ1) is 65.8. The first-order valence-corrected chi connectivity index (χ1v) is 55.8. The van der Waals surface area contributed by atoms with Gasteiger partial charge in [0.15, 0.2) is 0 Å². The molecule has 0 aromatic heterocycles. The molecule has 9 aliphatic rings. The summed E-state index contributed by atoms with van der Waals surface area (Å²) in [6.45, 7) is 102. The summed E-state index contributed by atoms with van der Waals surface area (Å²) >= 11 is 0. The Kier molecular flexibility index (Phi) is 109. The number of hydrogen-bond acceptors (Lipinski definition) is 11. The summed E-state index contributed by atoms with van der Waals surface area (Å²) in [6.07, 6.45) is 15.6. The fourth-order valence-electron chi connectivity index (χ4n) is 18.7. The molecule has 9 fully saturated rings. The van der Waals surface area contributed by atoms with Crippen LogP contribution >= 0.6 is 0 Å². The number of nitrogens with zero attached hydrogens (tertiary/aromatic N) is 9. The molecule has 144 heavy (non-hydrogen) atoms. The Morgan fingerprint density at radius 1 is 0.299 bits per heavy atom. The predicted octanol–water partition coefficient (Wildman–Crippen LogP) is 8.94. The lowest BCUT2D eigenvalue weighted by Crippen LogP contribution is -2.52. The molecule has 9 aliphatic heterocycles. The molecule has 0 aromatic carbocycles. The molecule has 0 spiro atoms. The summed E-state index contributed by atoms with van der Waals surface area (Å²) in [5.41, 5.74) is 0. The van der Waals surface area contributed by atoms with Crippen molar-refractivity contribution in [1.82, 2.24) is 44.1 Å². The van der Waals surface area contributed by atoms with E-state index in [0.29, 0.717) is 60.0 Å². The normalized spacial score (nSPS) is 21.1. The van der Waals surface area contributed by atoms with Crippen LogP contribution in [0.5, 0.6) is 0 Å². The zero-order chi connectivity index (χ0) is 112. The highest BCUT2D eigenvalue weighted by Crippen LogP contribution is 2.32. The van der Waals surface area contributed by atoms with Crippen molar-refractivity contribution in [3.63, 3.8) is 0 Å². The van der Waals surface area contributed by atoms with E-state index in [-0.39, 0.29) is 22.2 Å². The molecular weight excluding hydrogens is 1720 g/mol. The topological polar surface area (TPSA) is 64.7 Å². The van der Waals surface area contributed by atoms with Crippen LogP contribution < -0.4 is 0 Å². The second kappa shape index (κ2) is 96.5. The fourth-order valence-corrected chi connectivity index (χ4v) is 18.7. The van der Waals surface area contributed by atoms with E-state index >= 15 is 0 Å². The van der Waals surface area contributed by atoms with Crippen molar-refractivity contribution >= 4 is 271 Å².